The van der Waals surface area contributed by atoms with Crippen LogP contribution in [-0.2, 0) is 4.79 Å². The van der Waals surface area contributed by atoms with Crippen LogP contribution in [-0.4, -0.2) is 36.5 Å². The Balaban J connectivity index is 0.00000156. The van der Waals surface area contributed by atoms with Gasteiger partial charge in [-0.25, -0.2) is 0 Å². The lowest BCUT2D eigenvalue weighted by Crippen LogP contribution is -2.41. The minimum absolute atomic E-state index is 0. The molecular formula is C19H31Cl2N3O. The van der Waals surface area contributed by atoms with E-state index in [1.54, 1.807) is 0 Å². The number of amides is 1. The van der Waals surface area contributed by atoms with Crippen LogP contribution in [0.5, 0.6) is 0 Å². The number of hydrogen-bond donors (Lipinski definition) is 2. The zero-order valence-corrected chi connectivity index (χ0v) is 16.4. The molecule has 3 N–H and O–H groups in total. The summed E-state index contributed by atoms with van der Waals surface area (Å²) in [6, 6.07) is 11.0. The van der Waals surface area contributed by atoms with E-state index in [-0.39, 0.29) is 42.7 Å². The van der Waals surface area contributed by atoms with Gasteiger partial charge in [0.05, 0.1) is 6.04 Å². The third-order valence-electron chi connectivity index (χ3n) is 5.32. The van der Waals surface area contributed by atoms with Crippen LogP contribution >= 0.6 is 24.8 Å². The van der Waals surface area contributed by atoms with Crippen LogP contribution in [0.3, 0.4) is 0 Å². The minimum atomic E-state index is 0. The van der Waals surface area contributed by atoms with E-state index < -0.39 is 0 Å². The van der Waals surface area contributed by atoms with Crippen molar-refractivity contribution in [2.24, 2.45) is 11.7 Å². The third-order valence-corrected chi connectivity index (χ3v) is 5.32. The number of carbonyl (C=O) groups is 1. The van der Waals surface area contributed by atoms with Crippen molar-refractivity contribution in [3.63, 3.8) is 0 Å². The van der Waals surface area contributed by atoms with Crippen molar-refractivity contribution < 1.29 is 4.79 Å². The van der Waals surface area contributed by atoms with Gasteiger partial charge in [-0.3, -0.25) is 9.69 Å². The highest BCUT2D eigenvalue weighted by atomic mass is 35.5. The van der Waals surface area contributed by atoms with Crippen LogP contribution in [0.1, 0.15) is 50.1 Å². The van der Waals surface area contributed by atoms with Crippen molar-refractivity contribution in [1.82, 2.24) is 10.2 Å². The van der Waals surface area contributed by atoms with Gasteiger partial charge in [0.2, 0.25) is 5.91 Å². The van der Waals surface area contributed by atoms with Crippen LogP contribution in [0.2, 0.25) is 0 Å². The molecule has 1 aliphatic carbocycles. The van der Waals surface area contributed by atoms with Crippen molar-refractivity contribution in [2.75, 3.05) is 19.6 Å². The summed E-state index contributed by atoms with van der Waals surface area (Å²) in [5.41, 5.74) is 7.32. The molecule has 3 rings (SSSR count). The van der Waals surface area contributed by atoms with E-state index in [9.17, 15) is 4.79 Å². The Labute approximate surface area is 163 Å². The summed E-state index contributed by atoms with van der Waals surface area (Å²) in [6.45, 7) is 2.96. The molecule has 2 aliphatic rings. The van der Waals surface area contributed by atoms with Crippen LogP contribution < -0.4 is 11.1 Å². The summed E-state index contributed by atoms with van der Waals surface area (Å²) in [5, 5.41) is 3.21. The average Bonchev–Trinajstić information content (AvgIpc) is 3.10. The zero-order chi connectivity index (χ0) is 16.1. The Hall–Kier alpha value is -0.810. The Kier molecular flexibility index (Phi) is 9.80. The highest BCUT2D eigenvalue weighted by Crippen LogP contribution is 2.26. The Morgan fingerprint density at radius 3 is 2.44 bits per heavy atom. The molecule has 1 aromatic carbocycles. The van der Waals surface area contributed by atoms with Crippen molar-refractivity contribution in [3.05, 3.63) is 35.9 Å². The smallest absolute Gasteiger partial charge is 0.223 e. The molecule has 0 aromatic heterocycles. The Bertz CT molecular complexity index is 509. The van der Waals surface area contributed by atoms with E-state index in [4.69, 9.17) is 5.73 Å². The maximum atomic E-state index is 12.5. The van der Waals surface area contributed by atoms with E-state index >= 15 is 0 Å². The van der Waals surface area contributed by atoms with Crippen molar-refractivity contribution in [3.8, 4) is 0 Å². The molecular weight excluding hydrogens is 357 g/mol. The number of hydrogen-bond acceptors (Lipinski definition) is 3. The summed E-state index contributed by atoms with van der Waals surface area (Å²) < 4.78 is 0. The maximum Gasteiger partial charge on any atom is 0.223 e. The molecule has 1 saturated carbocycles. The fourth-order valence-electron chi connectivity index (χ4n) is 3.99. The van der Waals surface area contributed by atoms with Crippen LogP contribution in [0, 0.1) is 5.92 Å². The second-order valence-corrected chi connectivity index (χ2v) is 7.04. The van der Waals surface area contributed by atoms with Crippen LogP contribution in [0.25, 0.3) is 0 Å². The lowest BCUT2D eigenvalue weighted by atomic mass is 9.85. The Morgan fingerprint density at radius 1 is 1.12 bits per heavy atom. The average molecular weight is 388 g/mol. The van der Waals surface area contributed by atoms with E-state index in [1.807, 2.05) is 6.07 Å². The first kappa shape index (κ1) is 22.2. The van der Waals surface area contributed by atoms with Gasteiger partial charge in [-0.1, -0.05) is 36.8 Å². The summed E-state index contributed by atoms with van der Waals surface area (Å²) in [7, 11) is 0. The molecule has 1 aromatic rings. The molecule has 1 amide bonds. The summed E-state index contributed by atoms with van der Waals surface area (Å²) in [6.07, 6.45) is 6.48. The van der Waals surface area contributed by atoms with Gasteiger partial charge in [-0.05, 0) is 50.8 Å². The van der Waals surface area contributed by atoms with Crippen LogP contribution in [0.15, 0.2) is 30.3 Å². The number of likely N-dealkylation sites (tertiary alicyclic amines) is 1. The maximum absolute atomic E-state index is 12.5. The highest BCUT2D eigenvalue weighted by Gasteiger charge is 2.28. The van der Waals surface area contributed by atoms with E-state index in [0.717, 1.165) is 38.8 Å². The molecule has 2 fully saturated rings. The molecule has 6 heteroatoms. The van der Waals surface area contributed by atoms with Gasteiger partial charge < -0.3 is 11.1 Å². The van der Waals surface area contributed by atoms with Crippen molar-refractivity contribution in [2.45, 2.75) is 50.6 Å². The highest BCUT2D eigenvalue weighted by molar-refractivity contribution is 5.85. The first-order chi connectivity index (χ1) is 11.2. The quantitative estimate of drug-likeness (QED) is 0.814. The van der Waals surface area contributed by atoms with Gasteiger partial charge in [0, 0.05) is 18.5 Å². The van der Waals surface area contributed by atoms with E-state index in [0.29, 0.717) is 12.6 Å². The lowest BCUT2D eigenvalue weighted by molar-refractivity contribution is -0.126. The normalized spacial score (nSPS) is 24.7. The van der Waals surface area contributed by atoms with Gasteiger partial charge in [-0.15, -0.1) is 24.8 Å². The largest absolute Gasteiger partial charge is 0.354 e. The molecule has 142 valence electrons. The predicted molar refractivity (Wildman–Crippen MR) is 107 cm³/mol. The number of halogens is 2. The number of rotatable bonds is 5. The lowest BCUT2D eigenvalue weighted by Gasteiger charge is -2.30. The Morgan fingerprint density at radius 2 is 1.80 bits per heavy atom. The molecule has 3 unspecified atom stereocenters. The van der Waals surface area contributed by atoms with Crippen molar-refractivity contribution in [1.29, 1.82) is 0 Å². The molecule has 4 nitrogen and oxygen atoms in total. The fraction of sp³-hybridized carbons (Fsp3) is 0.632. The standard InChI is InChI=1S/C19H29N3O.2ClH/c20-17-10-6-9-16(13-17)19(23)21-14-18(22-11-4-5-12-22)15-7-2-1-3-8-15;;/h1-3,7-8,16-18H,4-6,9-14,20H2,(H,21,23);2*1H. The van der Waals surface area contributed by atoms with E-state index in [1.165, 1.54) is 18.4 Å². The van der Waals surface area contributed by atoms with Gasteiger partial charge in [0.15, 0.2) is 0 Å². The number of carbonyl (C=O) groups excluding carboxylic acids is 1. The second kappa shape index (κ2) is 11.0. The summed E-state index contributed by atoms with van der Waals surface area (Å²) in [4.78, 5) is 15.0. The monoisotopic (exact) mass is 387 g/mol. The fourth-order valence-corrected chi connectivity index (χ4v) is 3.99. The molecule has 0 bridgehead atoms. The molecule has 25 heavy (non-hydrogen) atoms. The van der Waals surface area contributed by atoms with E-state index in [2.05, 4.69) is 34.5 Å². The topological polar surface area (TPSA) is 58.4 Å². The minimum Gasteiger partial charge on any atom is -0.354 e. The van der Waals surface area contributed by atoms with Crippen LogP contribution in [0.4, 0.5) is 0 Å². The number of benzene rings is 1. The molecule has 3 atom stereocenters. The SMILES string of the molecule is Cl.Cl.NC1CCCC(C(=O)NCC(c2ccccc2)N2CCCC2)C1. The summed E-state index contributed by atoms with van der Waals surface area (Å²) in [5.74, 6) is 0.300. The molecule has 1 saturated heterocycles. The van der Waals surface area contributed by atoms with Gasteiger partial charge >= 0.3 is 0 Å². The molecule has 0 spiro atoms. The zero-order valence-electron chi connectivity index (χ0n) is 14.7. The third kappa shape index (κ3) is 6.14. The number of nitrogens with one attached hydrogen (secondary N) is 1. The number of nitrogens with zero attached hydrogens (tertiary/aromatic N) is 1. The van der Waals surface area contributed by atoms with Gasteiger partial charge in [0.1, 0.15) is 0 Å². The molecule has 1 heterocycles. The molecule has 1 aliphatic heterocycles. The molecule has 0 radical (unpaired) electrons. The van der Waals surface area contributed by atoms with Gasteiger partial charge in [0.25, 0.3) is 0 Å². The first-order valence-electron chi connectivity index (χ1n) is 9.06. The van der Waals surface area contributed by atoms with Crippen molar-refractivity contribution >= 4 is 30.7 Å². The predicted octanol–water partition coefficient (Wildman–Crippen LogP) is 3.30. The second-order valence-electron chi connectivity index (χ2n) is 7.04. The summed E-state index contributed by atoms with van der Waals surface area (Å²) >= 11 is 0. The van der Waals surface area contributed by atoms with Gasteiger partial charge in [-0.2, -0.15) is 0 Å². The number of nitrogens with two attached hydrogens (primary N) is 1. The first-order valence-corrected chi connectivity index (χ1v) is 9.06.